The fraction of sp³-hybridized carbons (Fsp3) is 0.625. The Morgan fingerprint density at radius 3 is 2.80 bits per heavy atom. The minimum absolute atomic E-state index is 0.0256. The molecule has 0 spiro atoms. The zero-order valence-electron chi connectivity index (χ0n) is 8.43. The summed E-state index contributed by atoms with van der Waals surface area (Å²) in [7, 11) is 0. The smallest absolute Gasteiger partial charge is 0.319 e. The van der Waals surface area contributed by atoms with E-state index in [1.165, 1.54) is 0 Å². The van der Waals surface area contributed by atoms with Gasteiger partial charge in [0.15, 0.2) is 0 Å². The van der Waals surface area contributed by atoms with E-state index < -0.39 is 5.41 Å². The molecule has 7 heteroatoms. The normalized spacial score (nSPS) is 25.8. The second kappa shape index (κ2) is 3.11. The summed E-state index contributed by atoms with van der Waals surface area (Å²) >= 11 is 0. The summed E-state index contributed by atoms with van der Waals surface area (Å²) in [6, 6.07) is 0.371. The van der Waals surface area contributed by atoms with Gasteiger partial charge in [0, 0.05) is 13.1 Å². The predicted molar refractivity (Wildman–Crippen MR) is 52.8 cm³/mol. The fourth-order valence-electron chi connectivity index (χ4n) is 1.68. The molecule has 1 saturated heterocycles. The van der Waals surface area contributed by atoms with Crippen LogP contribution >= 0.6 is 0 Å². The van der Waals surface area contributed by atoms with Gasteiger partial charge in [-0.1, -0.05) is 10.2 Å². The van der Waals surface area contributed by atoms with E-state index in [4.69, 9.17) is 15.9 Å². The van der Waals surface area contributed by atoms with Crippen molar-refractivity contribution in [2.45, 2.75) is 13.3 Å². The monoisotopic (exact) mass is 211 g/mol. The van der Waals surface area contributed by atoms with Crippen LogP contribution in [-0.2, 0) is 4.79 Å². The van der Waals surface area contributed by atoms with Crippen molar-refractivity contribution < 1.29 is 9.21 Å². The largest absolute Gasteiger partial charge is 0.390 e. The van der Waals surface area contributed by atoms with Crippen LogP contribution in [0.4, 0.5) is 12.0 Å². The Kier molecular flexibility index (Phi) is 2.02. The third-order valence-electron chi connectivity index (χ3n) is 2.77. The Balaban J connectivity index is 2.14. The number of carbonyl (C=O) groups is 1. The molecule has 1 amide bonds. The van der Waals surface area contributed by atoms with Crippen LogP contribution in [0.5, 0.6) is 0 Å². The number of carbonyl (C=O) groups excluding carboxylic acids is 1. The van der Waals surface area contributed by atoms with Gasteiger partial charge in [0.25, 0.3) is 0 Å². The van der Waals surface area contributed by atoms with Gasteiger partial charge < -0.3 is 20.8 Å². The average Bonchev–Trinajstić information content (AvgIpc) is 2.73. The molecule has 2 rings (SSSR count). The quantitative estimate of drug-likeness (QED) is 0.672. The number of hydrogen-bond donors (Lipinski definition) is 2. The molecule has 4 N–H and O–H groups in total. The fourth-order valence-corrected chi connectivity index (χ4v) is 1.68. The number of nitrogens with zero attached hydrogens (tertiary/aromatic N) is 3. The number of primary amides is 1. The maximum absolute atomic E-state index is 11.2. The van der Waals surface area contributed by atoms with E-state index in [0.717, 1.165) is 0 Å². The van der Waals surface area contributed by atoms with Crippen LogP contribution in [0, 0.1) is 5.41 Å². The predicted octanol–water partition coefficient (Wildman–Crippen LogP) is -0.647. The average molecular weight is 211 g/mol. The van der Waals surface area contributed by atoms with Crippen molar-refractivity contribution in [3.8, 4) is 0 Å². The first-order chi connectivity index (χ1) is 7.01. The summed E-state index contributed by atoms with van der Waals surface area (Å²) in [6.07, 6.45) is 0.685. The van der Waals surface area contributed by atoms with Gasteiger partial charge in [-0.05, 0) is 13.3 Å². The Hall–Kier alpha value is -1.79. The zero-order valence-corrected chi connectivity index (χ0v) is 8.43. The van der Waals surface area contributed by atoms with Crippen molar-refractivity contribution in [3.63, 3.8) is 0 Å². The lowest BCUT2D eigenvalue weighted by molar-refractivity contribution is -0.125. The van der Waals surface area contributed by atoms with Crippen molar-refractivity contribution in [2.75, 3.05) is 23.7 Å². The molecule has 15 heavy (non-hydrogen) atoms. The van der Waals surface area contributed by atoms with Crippen LogP contribution in [0.15, 0.2) is 4.42 Å². The molecule has 2 heterocycles. The van der Waals surface area contributed by atoms with E-state index in [0.29, 0.717) is 25.5 Å². The highest BCUT2D eigenvalue weighted by atomic mass is 16.4. The lowest BCUT2D eigenvalue weighted by Crippen LogP contribution is -2.37. The number of rotatable bonds is 2. The maximum Gasteiger partial charge on any atom is 0.319 e. The minimum atomic E-state index is -0.525. The number of nitrogens with two attached hydrogens (primary N) is 2. The summed E-state index contributed by atoms with van der Waals surface area (Å²) in [5.41, 5.74) is 10.1. The number of hydrogen-bond acceptors (Lipinski definition) is 6. The SMILES string of the molecule is CC1(C(N)=O)CCN(c2nnc(N)o2)C1. The number of nitrogen functional groups attached to an aromatic ring is 1. The van der Waals surface area contributed by atoms with Gasteiger partial charge in [-0.3, -0.25) is 4.79 Å². The topological polar surface area (TPSA) is 111 Å². The molecule has 0 saturated carbocycles. The standard InChI is InChI=1S/C8H13N5O2/c1-8(5(9)14)2-3-13(4-8)7-12-11-6(10)15-7/h2-4H2,1H3,(H2,9,14)(H2,10,11). The van der Waals surface area contributed by atoms with Crippen LogP contribution < -0.4 is 16.4 Å². The molecule has 82 valence electrons. The highest BCUT2D eigenvalue weighted by molar-refractivity contribution is 5.81. The summed E-state index contributed by atoms with van der Waals surface area (Å²) in [5.74, 6) is -0.308. The summed E-state index contributed by atoms with van der Waals surface area (Å²) < 4.78 is 5.07. The van der Waals surface area contributed by atoms with E-state index in [1.807, 2.05) is 11.8 Å². The van der Waals surface area contributed by atoms with Gasteiger partial charge in [-0.2, -0.15) is 0 Å². The molecule has 7 nitrogen and oxygen atoms in total. The van der Waals surface area contributed by atoms with E-state index in [9.17, 15) is 4.79 Å². The Bertz CT molecular complexity index is 390. The third-order valence-corrected chi connectivity index (χ3v) is 2.77. The number of aromatic nitrogens is 2. The summed E-state index contributed by atoms with van der Waals surface area (Å²) in [6.45, 7) is 2.99. The van der Waals surface area contributed by atoms with Crippen LogP contribution in [0.3, 0.4) is 0 Å². The van der Waals surface area contributed by atoms with Crippen LogP contribution in [0.25, 0.3) is 0 Å². The lowest BCUT2D eigenvalue weighted by Gasteiger charge is -2.19. The van der Waals surface area contributed by atoms with E-state index in [2.05, 4.69) is 10.2 Å². The van der Waals surface area contributed by atoms with E-state index in [-0.39, 0.29) is 11.9 Å². The van der Waals surface area contributed by atoms with E-state index in [1.54, 1.807) is 0 Å². The lowest BCUT2D eigenvalue weighted by atomic mass is 9.89. The molecule has 1 aromatic rings. The first-order valence-electron chi connectivity index (χ1n) is 4.65. The first-order valence-corrected chi connectivity index (χ1v) is 4.65. The molecule has 1 fully saturated rings. The van der Waals surface area contributed by atoms with Crippen LogP contribution in [0.1, 0.15) is 13.3 Å². The molecule has 0 bridgehead atoms. The number of amides is 1. The van der Waals surface area contributed by atoms with Crippen molar-refractivity contribution in [3.05, 3.63) is 0 Å². The van der Waals surface area contributed by atoms with Crippen molar-refractivity contribution in [1.29, 1.82) is 0 Å². The Labute approximate surface area is 86.4 Å². The molecule has 1 unspecified atom stereocenters. The van der Waals surface area contributed by atoms with Gasteiger partial charge in [-0.15, -0.1) is 0 Å². The van der Waals surface area contributed by atoms with Gasteiger partial charge in [-0.25, -0.2) is 0 Å². The van der Waals surface area contributed by atoms with Crippen molar-refractivity contribution in [1.82, 2.24) is 10.2 Å². The van der Waals surface area contributed by atoms with Gasteiger partial charge in [0.05, 0.1) is 5.41 Å². The molecular formula is C8H13N5O2. The number of anilines is 2. The second-order valence-electron chi connectivity index (χ2n) is 4.02. The van der Waals surface area contributed by atoms with E-state index >= 15 is 0 Å². The molecule has 1 aliphatic rings. The Morgan fingerprint density at radius 1 is 1.60 bits per heavy atom. The van der Waals surface area contributed by atoms with Crippen molar-refractivity contribution >= 4 is 17.9 Å². The van der Waals surface area contributed by atoms with Gasteiger partial charge in [0.1, 0.15) is 0 Å². The second-order valence-corrected chi connectivity index (χ2v) is 4.02. The summed E-state index contributed by atoms with van der Waals surface area (Å²) in [5, 5.41) is 7.31. The third kappa shape index (κ3) is 1.60. The van der Waals surface area contributed by atoms with Gasteiger partial charge >= 0.3 is 12.0 Å². The molecule has 1 aromatic heterocycles. The zero-order chi connectivity index (χ0) is 11.1. The molecule has 1 aliphatic heterocycles. The molecule has 0 aliphatic carbocycles. The molecule has 1 atom stereocenters. The Morgan fingerprint density at radius 2 is 2.33 bits per heavy atom. The van der Waals surface area contributed by atoms with Crippen LogP contribution in [-0.4, -0.2) is 29.2 Å². The molecule has 0 aromatic carbocycles. The summed E-state index contributed by atoms with van der Waals surface area (Å²) in [4.78, 5) is 13.0. The molecular weight excluding hydrogens is 198 g/mol. The van der Waals surface area contributed by atoms with Crippen molar-refractivity contribution in [2.24, 2.45) is 11.1 Å². The first kappa shape index (κ1) is 9.75. The minimum Gasteiger partial charge on any atom is -0.390 e. The van der Waals surface area contributed by atoms with Crippen LogP contribution in [0.2, 0.25) is 0 Å². The highest BCUT2D eigenvalue weighted by Crippen LogP contribution is 2.32. The molecule has 0 radical (unpaired) electrons. The highest BCUT2D eigenvalue weighted by Gasteiger charge is 2.40. The van der Waals surface area contributed by atoms with Gasteiger partial charge in [0.2, 0.25) is 5.91 Å². The maximum atomic E-state index is 11.2.